The number of aliphatic hydroxyl groups is 2. The first-order valence-corrected chi connectivity index (χ1v) is 42.8. The van der Waals surface area contributed by atoms with Crippen molar-refractivity contribution >= 4 is 130 Å². The van der Waals surface area contributed by atoms with Gasteiger partial charge >= 0.3 is 12.2 Å². The minimum absolute atomic E-state index is 0.0583. The summed E-state index contributed by atoms with van der Waals surface area (Å²) in [6, 6.07) is 8.82. The van der Waals surface area contributed by atoms with Gasteiger partial charge in [-0.05, 0) is 73.3 Å². The molecule has 12 atom stereocenters. The second-order valence-electron chi connectivity index (χ2n) is 30.8. The Balaban J connectivity index is 0.000000311. The van der Waals surface area contributed by atoms with Crippen LogP contribution in [0.1, 0.15) is 167 Å². The molecule has 2 aliphatic carbocycles. The summed E-state index contributed by atoms with van der Waals surface area (Å²) in [5, 5.41) is 40.8. The van der Waals surface area contributed by atoms with Crippen LogP contribution in [-0.2, 0) is 67.0 Å². The van der Waals surface area contributed by atoms with Gasteiger partial charge in [0.1, 0.15) is 36.3 Å². The van der Waals surface area contributed by atoms with E-state index in [0.717, 1.165) is 64.2 Å². The fourth-order valence-corrected chi connectivity index (χ4v) is 21.8. The number of rotatable bonds is 34. The molecule has 620 valence electrons. The number of likely N-dealkylation sites (N-methyl/N-ethyl adjacent to an activating group) is 2. The summed E-state index contributed by atoms with van der Waals surface area (Å²) in [6.07, 6.45) is 8.76. The number of carbonyl (C=O) groups is 14. The fraction of sp³-hybridized carbons (Fsp3) is 0.667. The molecule has 10 N–H and O–H groups in total. The topological polar surface area (TPSA) is 407 Å². The number of hydrogen-bond donors (Lipinski definition) is 10. The van der Waals surface area contributed by atoms with E-state index in [-0.39, 0.29) is 111 Å². The number of thioether (sulfide) groups is 4. The van der Waals surface area contributed by atoms with Gasteiger partial charge in [0.15, 0.2) is 0 Å². The van der Waals surface area contributed by atoms with Gasteiger partial charge in [0.05, 0.1) is 59.8 Å². The monoisotopic (exact) mass is 1640 g/mol. The Labute approximate surface area is 674 Å². The van der Waals surface area contributed by atoms with Crippen molar-refractivity contribution in [2.45, 2.75) is 211 Å². The Hall–Kier alpha value is -7.66. The smallest absolute Gasteiger partial charge is 0.407 e. The third-order valence-corrected chi connectivity index (χ3v) is 27.6. The van der Waals surface area contributed by atoms with Crippen LogP contribution >= 0.6 is 47.0 Å². The molecule has 34 heteroatoms. The van der Waals surface area contributed by atoms with E-state index in [4.69, 9.17) is 9.47 Å². The number of ether oxygens (including phenoxy) is 2. The lowest BCUT2D eigenvalue weighted by atomic mass is 9.83. The molecule has 2 saturated carbocycles. The van der Waals surface area contributed by atoms with Gasteiger partial charge in [-0.2, -0.15) is 0 Å². The molecule has 0 aromatic heterocycles. The fourth-order valence-electron chi connectivity index (χ4n) is 14.5. The molecule has 8 rings (SSSR count). The summed E-state index contributed by atoms with van der Waals surface area (Å²) < 4.78 is 9.61. The maximum absolute atomic E-state index is 14.6. The van der Waals surface area contributed by atoms with Crippen LogP contribution in [0.2, 0.25) is 0 Å². The molecule has 30 nitrogen and oxygen atoms in total. The van der Waals surface area contributed by atoms with Gasteiger partial charge in [-0.15, -0.1) is 47.0 Å². The third kappa shape index (κ3) is 26.2. The van der Waals surface area contributed by atoms with Gasteiger partial charge in [0.25, 0.3) is 11.8 Å². The predicted octanol–water partition coefficient (Wildman–Crippen LogP) is 4.74. The van der Waals surface area contributed by atoms with Crippen molar-refractivity contribution in [2.75, 3.05) is 92.3 Å². The lowest BCUT2D eigenvalue weighted by Gasteiger charge is -2.34. The van der Waals surface area contributed by atoms with Crippen LogP contribution in [0.25, 0.3) is 0 Å². The average Bonchev–Trinajstić information content (AvgIpc) is 1.61. The second-order valence-corrected chi connectivity index (χ2v) is 37.5. The SMILES string of the molecule is CCCC(NC(=O)C1CC2(CN1C(=O)C(NC(=O)OCC(C)C)C1CCCCC1)SCC(CO)S2)C(=O)C(=O)NCC(=O)NC(C(=O)N(C)C)c1ccccc1.CCCC(NC(=O)[C@@H]1CC2(CN1C(=O)C(NC(=O)OCC(C)C)C1CCCCC1)SCC(CO)S2)C(=O)C(=O)NCC(=O)NC(C(=O)N(C)C)c1ccccc1. The maximum Gasteiger partial charge on any atom is 0.407 e. The highest BCUT2D eigenvalue weighted by Crippen LogP contribution is 2.56. The number of hydrogen-bond acceptors (Lipinski definition) is 22. The third-order valence-electron chi connectivity index (χ3n) is 20.3. The molecule has 112 heavy (non-hydrogen) atoms. The molecule has 2 aromatic carbocycles. The van der Waals surface area contributed by atoms with E-state index in [1.165, 1.54) is 43.1 Å². The molecular weight excluding hydrogens is 1520 g/mol. The van der Waals surface area contributed by atoms with Gasteiger partial charge in [-0.25, -0.2) is 9.59 Å². The minimum Gasteiger partial charge on any atom is -0.449 e. The number of carbonyl (C=O) groups excluding carboxylic acids is 14. The summed E-state index contributed by atoms with van der Waals surface area (Å²) in [6.45, 7) is 10.7. The number of benzene rings is 2. The largest absolute Gasteiger partial charge is 0.449 e. The van der Waals surface area contributed by atoms with Crippen LogP contribution < -0.4 is 42.5 Å². The molecular formula is C78H116N12O18S4. The molecule has 4 heterocycles. The van der Waals surface area contributed by atoms with Crippen molar-refractivity contribution in [3.63, 3.8) is 0 Å². The number of amides is 12. The van der Waals surface area contributed by atoms with Crippen LogP contribution in [0.15, 0.2) is 60.7 Å². The van der Waals surface area contributed by atoms with E-state index in [2.05, 4.69) is 42.5 Å². The lowest BCUT2D eigenvalue weighted by molar-refractivity contribution is -0.143. The van der Waals surface area contributed by atoms with Crippen molar-refractivity contribution < 1.29 is 86.8 Å². The zero-order valence-corrected chi connectivity index (χ0v) is 69.4. The van der Waals surface area contributed by atoms with E-state index >= 15 is 0 Å². The first-order chi connectivity index (χ1) is 53.4. The summed E-state index contributed by atoms with van der Waals surface area (Å²) in [5.41, 5.74) is 1.09. The Morgan fingerprint density at radius 3 is 1.15 bits per heavy atom. The second kappa shape index (κ2) is 44.3. The first-order valence-electron chi connectivity index (χ1n) is 39.0. The first kappa shape index (κ1) is 91.5. The molecule has 4 saturated heterocycles. The van der Waals surface area contributed by atoms with E-state index in [1.807, 2.05) is 27.7 Å². The van der Waals surface area contributed by atoms with Crippen LogP contribution in [0.5, 0.6) is 0 Å². The molecule has 0 radical (unpaired) electrons. The van der Waals surface area contributed by atoms with Gasteiger partial charge in [0, 0.05) is 76.1 Å². The zero-order chi connectivity index (χ0) is 82.0. The van der Waals surface area contributed by atoms with Crippen LogP contribution in [-0.4, -0.2) is 260 Å². The number of Topliss-reactive ketones (excluding diaryl/α,β-unsaturated/α-hetero) is 2. The quantitative estimate of drug-likeness (QED) is 0.0423. The molecule has 2 aromatic rings. The van der Waals surface area contributed by atoms with E-state index in [1.54, 1.807) is 126 Å². The Morgan fingerprint density at radius 1 is 0.500 bits per heavy atom. The summed E-state index contributed by atoms with van der Waals surface area (Å²) in [5.74, 6) is -7.15. The number of likely N-dealkylation sites (tertiary alicyclic amines) is 2. The van der Waals surface area contributed by atoms with Gasteiger partial charge in [-0.1, -0.05) is 154 Å². The number of nitrogens with zero attached hydrogens (tertiary/aromatic N) is 4. The van der Waals surface area contributed by atoms with Crippen molar-refractivity contribution in [3.05, 3.63) is 71.8 Å². The van der Waals surface area contributed by atoms with Gasteiger partial charge < -0.3 is 81.8 Å². The van der Waals surface area contributed by atoms with Crippen molar-refractivity contribution in [1.82, 2.24) is 62.1 Å². The molecule has 11 unspecified atom stereocenters. The van der Waals surface area contributed by atoms with Crippen LogP contribution in [0, 0.1) is 23.7 Å². The summed E-state index contributed by atoms with van der Waals surface area (Å²) in [7, 11) is 6.23. The van der Waals surface area contributed by atoms with E-state index in [9.17, 15) is 77.3 Å². The van der Waals surface area contributed by atoms with Crippen molar-refractivity contribution in [3.8, 4) is 0 Å². The Morgan fingerprint density at radius 2 is 0.848 bits per heavy atom. The van der Waals surface area contributed by atoms with Crippen molar-refractivity contribution in [2.24, 2.45) is 23.7 Å². The van der Waals surface area contributed by atoms with Gasteiger partial charge in [0.2, 0.25) is 58.8 Å². The number of alkyl carbamates (subject to hydrolysis) is 2. The predicted molar refractivity (Wildman–Crippen MR) is 429 cm³/mol. The number of aliphatic hydroxyl groups excluding tert-OH is 2. The summed E-state index contributed by atoms with van der Waals surface area (Å²) >= 11 is 6.21. The van der Waals surface area contributed by atoms with Crippen LogP contribution in [0.4, 0.5) is 9.59 Å². The van der Waals surface area contributed by atoms with Crippen LogP contribution in [0.3, 0.4) is 0 Å². The van der Waals surface area contributed by atoms with E-state index < -0.39 is 141 Å². The Kier molecular flexibility index (Phi) is 36.2. The average molecular weight is 1640 g/mol. The standard InChI is InChI=1S/2C39H58N6O9S2/c2*1-6-13-28(33(48)35(50)40-19-30(47)42-31(36(51)44(4)5)25-14-9-7-10-15-25)41-34(49)29-18-39(55-22-27(20-46)56-39)23-45(29)37(52)32(26-16-11-8-12-17-26)43-38(53)54-21-24(2)3/h2*7,9-10,14-15,24,26-29,31-32,46H,6,8,11-13,16-23H2,1-5H3,(H,40,50)(H,41,49)(H,42,47)(H,43,53)/t27?,28?,29-,31?,32?,39?;/m0./s1. The highest BCUT2D eigenvalue weighted by molar-refractivity contribution is 8.22. The zero-order valence-electron chi connectivity index (χ0n) is 66.1. The molecule has 6 aliphatic rings. The molecule has 6 fully saturated rings. The molecule has 4 aliphatic heterocycles. The molecule has 2 spiro atoms. The van der Waals surface area contributed by atoms with Gasteiger partial charge in [-0.3, -0.25) is 57.5 Å². The maximum atomic E-state index is 14.6. The Bertz CT molecular complexity index is 3350. The summed E-state index contributed by atoms with van der Waals surface area (Å²) in [4.78, 5) is 194. The van der Waals surface area contributed by atoms with E-state index in [0.29, 0.717) is 35.5 Å². The molecule has 12 amide bonds. The number of ketones is 2. The minimum atomic E-state index is -1.25. The highest BCUT2D eigenvalue weighted by Gasteiger charge is 2.57. The molecule has 0 bridgehead atoms. The highest BCUT2D eigenvalue weighted by atomic mass is 32.2. The lowest BCUT2D eigenvalue weighted by Crippen LogP contribution is -2.58. The van der Waals surface area contributed by atoms with Crippen molar-refractivity contribution in [1.29, 1.82) is 0 Å². The normalized spacial score (nSPS) is 22.5. The number of nitrogens with one attached hydrogen (secondary N) is 8.